The summed E-state index contributed by atoms with van der Waals surface area (Å²) >= 11 is 0. The summed E-state index contributed by atoms with van der Waals surface area (Å²) in [5.41, 5.74) is 5.01. The first-order valence-corrected chi connectivity index (χ1v) is 17.2. The van der Waals surface area contributed by atoms with E-state index in [1.54, 1.807) is 48.5 Å². The quantitative estimate of drug-likeness (QED) is 0.159. The molecule has 9 heteroatoms. The number of sulfonamides is 1. The van der Waals surface area contributed by atoms with Crippen LogP contribution in [0.4, 0.5) is 5.69 Å². The second-order valence-corrected chi connectivity index (χ2v) is 13.5. The monoisotopic (exact) mass is 649 g/mol. The van der Waals surface area contributed by atoms with Crippen molar-refractivity contribution in [3.05, 3.63) is 162 Å². The molecule has 1 unspecified atom stereocenters. The number of aliphatic hydroxyl groups is 1. The van der Waals surface area contributed by atoms with Crippen LogP contribution < -0.4 is 4.72 Å². The van der Waals surface area contributed by atoms with Gasteiger partial charge in [-0.2, -0.15) is 0 Å². The summed E-state index contributed by atoms with van der Waals surface area (Å²) in [6.45, 7) is 1.36. The number of ether oxygens (including phenoxy) is 2. The third kappa shape index (κ3) is 8.13. The molecule has 1 fully saturated rings. The number of hydrogen-bond acceptors (Lipinski definition) is 7. The van der Waals surface area contributed by atoms with E-state index in [9.17, 15) is 13.5 Å². The third-order valence-corrected chi connectivity index (χ3v) is 9.80. The molecule has 1 aromatic heterocycles. The Morgan fingerprint density at radius 1 is 0.787 bits per heavy atom. The fourth-order valence-corrected chi connectivity index (χ4v) is 7.05. The number of rotatable bonds is 12. The van der Waals surface area contributed by atoms with E-state index in [0.717, 1.165) is 35.3 Å². The lowest BCUT2D eigenvalue weighted by molar-refractivity contribution is -0.263. The molecule has 242 valence electrons. The van der Waals surface area contributed by atoms with Gasteiger partial charge in [0.25, 0.3) is 10.0 Å². The van der Waals surface area contributed by atoms with E-state index in [-0.39, 0.29) is 29.6 Å². The van der Waals surface area contributed by atoms with E-state index in [0.29, 0.717) is 17.8 Å². The Labute approximate surface area is 276 Å². The van der Waals surface area contributed by atoms with E-state index in [2.05, 4.69) is 33.8 Å². The van der Waals surface area contributed by atoms with E-state index in [1.165, 1.54) is 0 Å². The highest BCUT2D eigenvalue weighted by atomic mass is 32.2. The molecule has 2 heterocycles. The molecule has 47 heavy (non-hydrogen) atoms. The Balaban J connectivity index is 1.33. The molecule has 1 aliphatic rings. The van der Waals surface area contributed by atoms with Gasteiger partial charge in [-0.3, -0.25) is 9.71 Å². The molecule has 8 nitrogen and oxygen atoms in total. The van der Waals surface area contributed by atoms with E-state index in [4.69, 9.17) is 9.47 Å². The number of nitrogens with zero attached hydrogens (tertiary/aromatic N) is 2. The standard InChI is InChI=1S/C38H39N3O5S/c1-41(24-22-32-14-8-9-23-39-32)26-35-36(29-11-4-2-5-12-29)37(30-20-18-28(27-42)19-21-30)46-38(45-35)31-13-10-15-33(25-31)40-47(43,44)34-16-6-3-7-17-34/h2-21,23,25,35-38,40,42H,22,24,26-27H2,1H3/t35-,36-,37+,38?/m1/s1. The summed E-state index contributed by atoms with van der Waals surface area (Å²) in [5, 5.41) is 9.70. The van der Waals surface area contributed by atoms with Crippen molar-refractivity contribution in [2.45, 2.75) is 42.3 Å². The molecule has 0 bridgehead atoms. The maximum Gasteiger partial charge on any atom is 0.261 e. The van der Waals surface area contributed by atoms with Crippen LogP contribution in [0.3, 0.4) is 0 Å². The van der Waals surface area contributed by atoms with Crippen molar-refractivity contribution < 1.29 is 23.0 Å². The molecule has 1 saturated heterocycles. The molecule has 4 atom stereocenters. The van der Waals surface area contributed by atoms with Gasteiger partial charge in [-0.05, 0) is 60.1 Å². The minimum Gasteiger partial charge on any atom is -0.392 e. The molecule has 0 saturated carbocycles. The molecular formula is C38H39N3O5S. The first kappa shape index (κ1) is 32.6. The van der Waals surface area contributed by atoms with Crippen LogP contribution in [0.25, 0.3) is 0 Å². The molecule has 6 rings (SSSR count). The molecule has 0 aliphatic carbocycles. The van der Waals surface area contributed by atoms with Gasteiger partial charge in [0.05, 0.1) is 23.7 Å². The maximum absolute atomic E-state index is 13.1. The summed E-state index contributed by atoms with van der Waals surface area (Å²) in [6, 6.07) is 39.5. The van der Waals surface area contributed by atoms with Crippen LogP contribution in [0.2, 0.25) is 0 Å². The molecule has 2 N–H and O–H groups in total. The van der Waals surface area contributed by atoms with Crippen molar-refractivity contribution in [1.29, 1.82) is 0 Å². The minimum atomic E-state index is -3.79. The van der Waals surface area contributed by atoms with Crippen LogP contribution in [0.15, 0.2) is 138 Å². The van der Waals surface area contributed by atoms with Gasteiger partial charge >= 0.3 is 0 Å². The highest BCUT2D eigenvalue weighted by molar-refractivity contribution is 7.92. The molecule has 1 aliphatic heterocycles. The van der Waals surface area contributed by atoms with Gasteiger partial charge in [-0.15, -0.1) is 0 Å². The average molecular weight is 650 g/mol. The Bertz CT molecular complexity index is 1820. The lowest BCUT2D eigenvalue weighted by Gasteiger charge is -2.44. The highest BCUT2D eigenvalue weighted by Crippen LogP contribution is 2.47. The van der Waals surface area contributed by atoms with Gasteiger partial charge < -0.3 is 19.5 Å². The molecule has 0 radical (unpaired) electrons. The lowest BCUT2D eigenvalue weighted by atomic mass is 9.83. The van der Waals surface area contributed by atoms with E-state index >= 15 is 0 Å². The highest BCUT2D eigenvalue weighted by Gasteiger charge is 2.42. The Morgan fingerprint density at radius 3 is 2.19 bits per heavy atom. The number of aliphatic hydroxyl groups excluding tert-OH is 1. The van der Waals surface area contributed by atoms with Crippen molar-refractivity contribution in [3.8, 4) is 0 Å². The number of hydrogen-bond donors (Lipinski definition) is 2. The minimum absolute atomic E-state index is 0.0466. The summed E-state index contributed by atoms with van der Waals surface area (Å²) in [6.07, 6.45) is 1.18. The molecule has 0 amide bonds. The number of anilines is 1. The van der Waals surface area contributed by atoms with E-state index < -0.39 is 16.3 Å². The normalized spacial score (nSPS) is 19.8. The summed E-state index contributed by atoms with van der Waals surface area (Å²) in [7, 11) is -1.70. The number of nitrogens with one attached hydrogen (secondary N) is 1. The SMILES string of the molecule is CN(CCc1ccccn1)C[C@H]1OC(c2cccc(NS(=O)(=O)c3ccccc3)c2)O[C@@H](c2ccc(CO)cc2)[C@@H]1c1ccccc1. The maximum atomic E-state index is 13.1. The number of likely N-dealkylation sites (N-methyl/N-ethyl adjacent to an activating group) is 1. The lowest BCUT2D eigenvalue weighted by Crippen LogP contribution is -2.43. The average Bonchev–Trinajstić information content (AvgIpc) is 3.11. The van der Waals surface area contributed by atoms with Crippen LogP contribution in [0.1, 0.15) is 46.3 Å². The Morgan fingerprint density at radius 2 is 1.49 bits per heavy atom. The molecular weight excluding hydrogens is 611 g/mol. The summed E-state index contributed by atoms with van der Waals surface area (Å²) in [4.78, 5) is 6.93. The molecule has 4 aromatic carbocycles. The fraction of sp³-hybridized carbons (Fsp3) is 0.237. The van der Waals surface area contributed by atoms with Crippen molar-refractivity contribution in [3.63, 3.8) is 0 Å². The summed E-state index contributed by atoms with van der Waals surface area (Å²) < 4.78 is 42.6. The summed E-state index contributed by atoms with van der Waals surface area (Å²) in [5.74, 6) is -0.149. The van der Waals surface area contributed by atoms with Crippen molar-refractivity contribution in [2.24, 2.45) is 0 Å². The van der Waals surface area contributed by atoms with Crippen molar-refractivity contribution in [2.75, 3.05) is 24.9 Å². The van der Waals surface area contributed by atoms with Crippen molar-refractivity contribution in [1.82, 2.24) is 9.88 Å². The third-order valence-electron chi connectivity index (χ3n) is 8.40. The zero-order valence-electron chi connectivity index (χ0n) is 26.2. The second kappa shape index (κ2) is 15.0. The van der Waals surface area contributed by atoms with Crippen LogP contribution >= 0.6 is 0 Å². The number of benzene rings is 4. The first-order chi connectivity index (χ1) is 22.9. The second-order valence-electron chi connectivity index (χ2n) is 11.8. The predicted molar refractivity (Wildman–Crippen MR) is 182 cm³/mol. The molecule has 5 aromatic rings. The van der Waals surface area contributed by atoms with Gasteiger partial charge in [0.1, 0.15) is 0 Å². The first-order valence-electron chi connectivity index (χ1n) is 15.7. The predicted octanol–water partition coefficient (Wildman–Crippen LogP) is 6.49. The fourth-order valence-electron chi connectivity index (χ4n) is 5.98. The van der Waals surface area contributed by atoms with Crippen LogP contribution in [-0.2, 0) is 32.5 Å². The zero-order valence-corrected chi connectivity index (χ0v) is 27.0. The van der Waals surface area contributed by atoms with Crippen LogP contribution in [0.5, 0.6) is 0 Å². The van der Waals surface area contributed by atoms with Gasteiger partial charge in [-0.1, -0.05) is 91.0 Å². The topological polar surface area (TPSA) is 101 Å². The van der Waals surface area contributed by atoms with Gasteiger partial charge in [0.15, 0.2) is 6.29 Å². The number of pyridine rings is 1. The largest absolute Gasteiger partial charge is 0.392 e. The smallest absolute Gasteiger partial charge is 0.261 e. The van der Waals surface area contributed by atoms with Crippen molar-refractivity contribution >= 4 is 15.7 Å². The number of aromatic nitrogens is 1. The van der Waals surface area contributed by atoms with Gasteiger partial charge in [0, 0.05) is 48.6 Å². The van der Waals surface area contributed by atoms with Crippen LogP contribution in [-0.4, -0.2) is 49.6 Å². The molecule has 0 spiro atoms. The van der Waals surface area contributed by atoms with Gasteiger partial charge in [0.2, 0.25) is 0 Å². The zero-order chi connectivity index (χ0) is 32.6. The Kier molecular flexibility index (Phi) is 10.4. The van der Waals surface area contributed by atoms with Gasteiger partial charge in [-0.25, -0.2) is 8.42 Å². The Hall–Kier alpha value is -4.38. The van der Waals surface area contributed by atoms with Crippen LogP contribution in [0, 0.1) is 0 Å². The van der Waals surface area contributed by atoms with E-state index in [1.807, 2.05) is 72.9 Å².